The summed E-state index contributed by atoms with van der Waals surface area (Å²) in [5.74, 6) is -0.131. The van der Waals surface area contributed by atoms with E-state index in [1.807, 2.05) is 9.25 Å². The van der Waals surface area contributed by atoms with Crippen LogP contribution < -0.4 is 0 Å². The molecule has 0 saturated heterocycles. The summed E-state index contributed by atoms with van der Waals surface area (Å²) >= 11 is 0. The van der Waals surface area contributed by atoms with Crippen molar-refractivity contribution in [1.82, 2.24) is 44.6 Å². The molecule has 1 aliphatic rings. The molecule has 0 N–H and O–H groups in total. The zero-order valence-electron chi connectivity index (χ0n) is 12.9. The molecule has 10 nitrogen and oxygen atoms in total. The zero-order valence-corrected chi connectivity index (χ0v) is 12.9. The summed E-state index contributed by atoms with van der Waals surface area (Å²) in [6.45, 7) is 2.34. The van der Waals surface area contributed by atoms with Crippen LogP contribution in [0, 0.1) is 0 Å². The maximum atomic E-state index is 12.7. The highest BCUT2D eigenvalue weighted by atomic mass is 16.2. The highest BCUT2D eigenvalue weighted by Gasteiger charge is 2.24. The van der Waals surface area contributed by atoms with Gasteiger partial charge in [-0.3, -0.25) is 9.78 Å². The number of rotatable bonds is 3. The molecule has 0 spiro atoms. The van der Waals surface area contributed by atoms with Crippen molar-refractivity contribution < 1.29 is 4.79 Å². The Morgan fingerprint density at radius 3 is 2.83 bits per heavy atom. The van der Waals surface area contributed by atoms with E-state index in [-0.39, 0.29) is 5.91 Å². The first-order valence-electron chi connectivity index (χ1n) is 7.60. The van der Waals surface area contributed by atoms with Gasteiger partial charge in [0.25, 0.3) is 5.91 Å². The molecule has 0 unspecified atom stereocenters. The lowest BCUT2D eigenvalue weighted by Crippen LogP contribution is -2.31. The lowest BCUT2D eigenvalue weighted by atomic mass is 10.2. The molecule has 0 radical (unpaired) electrons. The first kappa shape index (κ1) is 14.4. The Bertz CT molecular complexity index is 827. The number of carbonyl (C=O) groups excluding carboxylic acids is 1. The van der Waals surface area contributed by atoms with Crippen molar-refractivity contribution in [3.8, 4) is 0 Å². The lowest BCUT2D eigenvalue weighted by Gasteiger charge is -2.19. The summed E-state index contributed by atoms with van der Waals surface area (Å²) in [5.41, 5.74) is 2.09. The average molecular weight is 325 g/mol. The van der Waals surface area contributed by atoms with E-state index in [9.17, 15) is 4.79 Å². The van der Waals surface area contributed by atoms with E-state index >= 15 is 0 Å². The van der Waals surface area contributed by atoms with Crippen LogP contribution in [0.3, 0.4) is 0 Å². The summed E-state index contributed by atoms with van der Waals surface area (Å²) in [7, 11) is 0. The number of hydrogen-bond acceptors (Lipinski definition) is 7. The smallest absolute Gasteiger partial charge is 0.274 e. The predicted octanol–water partition coefficient (Wildman–Crippen LogP) is -0.246. The number of carbonyl (C=O) groups is 1. The summed E-state index contributed by atoms with van der Waals surface area (Å²) in [6, 6.07) is 0. The van der Waals surface area contributed by atoms with Crippen molar-refractivity contribution >= 4 is 5.91 Å². The monoisotopic (exact) mass is 325 g/mol. The number of aryl methyl sites for hydroxylation is 1. The first-order valence-corrected chi connectivity index (χ1v) is 7.60. The summed E-state index contributed by atoms with van der Waals surface area (Å²) in [4.78, 5) is 22.5. The van der Waals surface area contributed by atoms with E-state index in [0.29, 0.717) is 25.3 Å². The first-order chi connectivity index (χ1) is 11.8. The van der Waals surface area contributed by atoms with Crippen molar-refractivity contribution in [3.63, 3.8) is 0 Å². The van der Waals surface area contributed by atoms with Gasteiger partial charge in [-0.05, 0) is 6.42 Å². The van der Waals surface area contributed by atoms with Gasteiger partial charge in [0.2, 0.25) is 0 Å². The van der Waals surface area contributed by atoms with E-state index in [2.05, 4.69) is 30.5 Å². The molecule has 0 bridgehead atoms. The molecule has 10 heteroatoms. The second-order valence-electron chi connectivity index (χ2n) is 5.51. The van der Waals surface area contributed by atoms with E-state index in [1.165, 1.54) is 12.4 Å². The van der Waals surface area contributed by atoms with Crippen LogP contribution in [-0.2, 0) is 19.6 Å². The van der Waals surface area contributed by atoms with E-state index in [1.54, 1.807) is 23.8 Å². The van der Waals surface area contributed by atoms with Gasteiger partial charge in [0.05, 0.1) is 25.0 Å². The second kappa shape index (κ2) is 6.14. The Kier molecular flexibility index (Phi) is 3.69. The summed E-state index contributed by atoms with van der Waals surface area (Å²) < 4.78 is 3.69. The van der Waals surface area contributed by atoms with Gasteiger partial charge < -0.3 is 9.47 Å². The van der Waals surface area contributed by atoms with Crippen LogP contribution in [0.25, 0.3) is 0 Å². The molecule has 4 heterocycles. The van der Waals surface area contributed by atoms with Gasteiger partial charge in [0, 0.05) is 25.5 Å². The van der Waals surface area contributed by atoms with E-state index in [4.69, 9.17) is 0 Å². The number of fused-ring (bicyclic) bond motifs is 1. The molecule has 24 heavy (non-hydrogen) atoms. The van der Waals surface area contributed by atoms with Crippen molar-refractivity contribution in [2.24, 2.45) is 0 Å². The standard InChI is InChI=1S/C14H15N9O/c24-14(11-6-15-2-3-16-11)22-4-1-5-23-13(8-22)12(19-20-23)7-21-9-17-18-10-21/h2-3,6,9-10H,1,4-5,7-8H2. The molecule has 3 aromatic heterocycles. The second-order valence-corrected chi connectivity index (χ2v) is 5.51. The SMILES string of the molecule is O=C(c1cnccn1)N1CCCn2nnc(Cn3cnnc3)c2C1. The fourth-order valence-electron chi connectivity index (χ4n) is 2.74. The molecule has 0 saturated carbocycles. The van der Waals surface area contributed by atoms with Crippen LogP contribution >= 0.6 is 0 Å². The van der Waals surface area contributed by atoms with Gasteiger partial charge >= 0.3 is 0 Å². The predicted molar refractivity (Wildman–Crippen MR) is 80.5 cm³/mol. The number of nitrogens with zero attached hydrogens (tertiary/aromatic N) is 9. The molecule has 0 aromatic carbocycles. The fraction of sp³-hybridized carbons (Fsp3) is 0.357. The van der Waals surface area contributed by atoms with Crippen molar-refractivity contribution in [2.75, 3.05) is 6.54 Å². The lowest BCUT2D eigenvalue weighted by molar-refractivity contribution is 0.0739. The minimum Gasteiger partial charge on any atom is -0.331 e. The van der Waals surface area contributed by atoms with E-state index < -0.39 is 0 Å². The number of aromatic nitrogens is 8. The molecule has 1 amide bonds. The van der Waals surface area contributed by atoms with Gasteiger partial charge in [-0.1, -0.05) is 5.21 Å². The van der Waals surface area contributed by atoms with Gasteiger partial charge in [0.15, 0.2) is 0 Å². The molecule has 0 fully saturated rings. The molecule has 122 valence electrons. The van der Waals surface area contributed by atoms with E-state index in [0.717, 1.165) is 24.4 Å². The molecular formula is C14H15N9O. The number of amides is 1. The summed E-state index contributed by atoms with van der Waals surface area (Å²) in [6.07, 6.45) is 8.63. The Hall–Kier alpha value is -3.17. The van der Waals surface area contributed by atoms with Crippen LogP contribution in [0.2, 0.25) is 0 Å². The third kappa shape index (κ3) is 2.73. The molecule has 4 rings (SSSR count). The quantitative estimate of drug-likeness (QED) is 0.653. The Labute approximate surface area is 137 Å². The highest BCUT2D eigenvalue weighted by Crippen LogP contribution is 2.17. The number of hydrogen-bond donors (Lipinski definition) is 0. The van der Waals surface area contributed by atoms with Gasteiger partial charge in [0.1, 0.15) is 24.0 Å². The van der Waals surface area contributed by atoms with Crippen LogP contribution in [0.4, 0.5) is 0 Å². The van der Waals surface area contributed by atoms with Gasteiger partial charge in [-0.15, -0.1) is 15.3 Å². The van der Waals surface area contributed by atoms with Crippen LogP contribution in [0.15, 0.2) is 31.2 Å². The maximum absolute atomic E-state index is 12.7. The van der Waals surface area contributed by atoms with Crippen LogP contribution in [-0.4, -0.2) is 57.1 Å². The molecule has 0 atom stereocenters. The average Bonchev–Trinajstić information content (AvgIpc) is 3.20. The Morgan fingerprint density at radius 1 is 1.17 bits per heavy atom. The normalized spacial score (nSPS) is 14.2. The highest BCUT2D eigenvalue weighted by molar-refractivity contribution is 5.91. The van der Waals surface area contributed by atoms with Crippen LogP contribution in [0.1, 0.15) is 28.3 Å². The zero-order chi connectivity index (χ0) is 16.4. The molecular weight excluding hydrogens is 310 g/mol. The van der Waals surface area contributed by atoms with Gasteiger partial charge in [-0.25, -0.2) is 9.67 Å². The summed E-state index contributed by atoms with van der Waals surface area (Å²) in [5, 5.41) is 16.1. The Morgan fingerprint density at radius 2 is 2.04 bits per heavy atom. The topological polar surface area (TPSA) is 108 Å². The minimum absolute atomic E-state index is 0.131. The van der Waals surface area contributed by atoms with Gasteiger partial charge in [-0.2, -0.15) is 0 Å². The van der Waals surface area contributed by atoms with Crippen molar-refractivity contribution in [1.29, 1.82) is 0 Å². The van der Waals surface area contributed by atoms with Crippen LogP contribution in [0.5, 0.6) is 0 Å². The Balaban J connectivity index is 1.59. The fourth-order valence-corrected chi connectivity index (χ4v) is 2.74. The molecule has 3 aromatic rings. The largest absolute Gasteiger partial charge is 0.331 e. The minimum atomic E-state index is -0.131. The third-order valence-corrected chi connectivity index (χ3v) is 3.93. The van der Waals surface area contributed by atoms with Crippen molar-refractivity contribution in [2.45, 2.75) is 26.1 Å². The third-order valence-electron chi connectivity index (χ3n) is 3.93. The molecule has 0 aliphatic carbocycles. The van der Waals surface area contributed by atoms with Crippen molar-refractivity contribution in [3.05, 3.63) is 48.3 Å². The maximum Gasteiger partial charge on any atom is 0.274 e. The molecule has 1 aliphatic heterocycles.